The van der Waals surface area contributed by atoms with E-state index in [9.17, 15) is 8.78 Å². The lowest BCUT2D eigenvalue weighted by atomic mass is 10.1. The van der Waals surface area contributed by atoms with Crippen LogP contribution in [0.5, 0.6) is 5.75 Å². The molecule has 0 spiro atoms. The van der Waals surface area contributed by atoms with Crippen LogP contribution in [0.4, 0.5) is 14.5 Å². The predicted molar refractivity (Wildman–Crippen MR) is 71.5 cm³/mol. The van der Waals surface area contributed by atoms with E-state index in [-0.39, 0.29) is 0 Å². The molecule has 0 amide bonds. The van der Waals surface area contributed by atoms with Crippen molar-refractivity contribution in [2.24, 2.45) is 0 Å². The lowest BCUT2D eigenvalue weighted by Gasteiger charge is -2.07. The normalized spacial score (nSPS) is 10.3. The van der Waals surface area contributed by atoms with Gasteiger partial charge >= 0.3 is 0 Å². The van der Waals surface area contributed by atoms with Crippen LogP contribution in [0, 0.1) is 11.6 Å². The maximum Gasteiger partial charge on any atom is 0.160 e. The summed E-state index contributed by atoms with van der Waals surface area (Å²) in [5.74, 6) is -0.854. The van der Waals surface area contributed by atoms with Gasteiger partial charge in [-0.15, -0.1) is 0 Å². The molecule has 1 N–H and O–H groups in total. The van der Waals surface area contributed by atoms with Crippen molar-refractivity contribution in [1.29, 1.82) is 0 Å². The van der Waals surface area contributed by atoms with Crippen molar-refractivity contribution in [2.45, 2.75) is 6.42 Å². The van der Waals surface area contributed by atoms with E-state index in [1.54, 1.807) is 7.11 Å². The summed E-state index contributed by atoms with van der Waals surface area (Å²) in [5, 5.41) is 3.05. The Morgan fingerprint density at radius 2 is 1.74 bits per heavy atom. The Balaban J connectivity index is 1.86. The summed E-state index contributed by atoms with van der Waals surface area (Å²) in [6.45, 7) is 0.650. The second kappa shape index (κ2) is 6.18. The summed E-state index contributed by atoms with van der Waals surface area (Å²) >= 11 is 0. The van der Waals surface area contributed by atoms with Gasteiger partial charge in [0, 0.05) is 12.2 Å². The quantitative estimate of drug-likeness (QED) is 0.889. The highest BCUT2D eigenvalue weighted by Crippen LogP contribution is 2.14. The molecule has 0 saturated carbocycles. The van der Waals surface area contributed by atoms with Gasteiger partial charge in [-0.1, -0.05) is 12.1 Å². The predicted octanol–water partition coefficient (Wildman–Crippen LogP) is 3.63. The number of hydrogen-bond acceptors (Lipinski definition) is 2. The zero-order chi connectivity index (χ0) is 13.7. The summed E-state index contributed by atoms with van der Waals surface area (Å²) < 4.78 is 30.8. The van der Waals surface area contributed by atoms with E-state index in [2.05, 4.69) is 5.32 Å². The van der Waals surface area contributed by atoms with E-state index < -0.39 is 11.6 Å². The Labute approximate surface area is 111 Å². The average molecular weight is 263 g/mol. The Morgan fingerprint density at radius 3 is 2.37 bits per heavy atom. The lowest BCUT2D eigenvalue weighted by Crippen LogP contribution is -2.05. The molecule has 0 saturated heterocycles. The number of methoxy groups -OCH3 is 1. The number of ether oxygens (including phenoxy) is 1. The van der Waals surface area contributed by atoms with Gasteiger partial charge in [-0.25, -0.2) is 8.78 Å². The van der Waals surface area contributed by atoms with Gasteiger partial charge in [0.05, 0.1) is 7.11 Å². The molecule has 0 unspecified atom stereocenters. The first-order chi connectivity index (χ1) is 9.19. The van der Waals surface area contributed by atoms with Crippen molar-refractivity contribution in [3.63, 3.8) is 0 Å². The molecule has 0 atom stereocenters. The van der Waals surface area contributed by atoms with Crippen LogP contribution in [0.1, 0.15) is 5.56 Å². The molecule has 100 valence electrons. The molecule has 19 heavy (non-hydrogen) atoms. The van der Waals surface area contributed by atoms with Gasteiger partial charge in [-0.3, -0.25) is 0 Å². The Bertz CT molecular complexity index is 540. The number of hydrogen-bond donors (Lipinski definition) is 1. The summed E-state index contributed by atoms with van der Waals surface area (Å²) in [6.07, 6.45) is 0.795. The number of halogens is 2. The highest BCUT2D eigenvalue weighted by molar-refractivity contribution is 5.43. The van der Waals surface area contributed by atoms with Crippen LogP contribution < -0.4 is 10.1 Å². The minimum absolute atomic E-state index is 0.576. The maximum absolute atomic E-state index is 13.0. The number of nitrogens with one attached hydrogen (secondary N) is 1. The fraction of sp³-hybridized carbons (Fsp3) is 0.200. The summed E-state index contributed by atoms with van der Waals surface area (Å²) in [5.41, 5.74) is 1.73. The smallest absolute Gasteiger partial charge is 0.160 e. The molecule has 0 bridgehead atoms. The second-order valence-electron chi connectivity index (χ2n) is 4.15. The highest BCUT2D eigenvalue weighted by atomic mass is 19.2. The largest absolute Gasteiger partial charge is 0.497 e. The van der Waals surface area contributed by atoms with Crippen molar-refractivity contribution in [3.8, 4) is 5.75 Å². The van der Waals surface area contributed by atoms with E-state index in [1.807, 2.05) is 24.3 Å². The molecule has 0 heterocycles. The number of rotatable bonds is 5. The van der Waals surface area contributed by atoms with E-state index in [0.29, 0.717) is 12.2 Å². The topological polar surface area (TPSA) is 21.3 Å². The molecule has 4 heteroatoms. The first kappa shape index (κ1) is 13.3. The standard InChI is InChI=1S/C15H15F2NO/c1-19-13-5-2-11(3-6-13)8-9-18-12-4-7-14(16)15(17)10-12/h2-7,10,18H,8-9H2,1H3. The monoisotopic (exact) mass is 263 g/mol. The molecular weight excluding hydrogens is 248 g/mol. The van der Waals surface area contributed by atoms with Crippen LogP contribution >= 0.6 is 0 Å². The second-order valence-corrected chi connectivity index (χ2v) is 4.15. The Morgan fingerprint density at radius 1 is 1.00 bits per heavy atom. The van der Waals surface area contributed by atoms with Crippen molar-refractivity contribution >= 4 is 5.69 Å². The minimum atomic E-state index is -0.838. The Kier molecular flexibility index (Phi) is 4.34. The van der Waals surface area contributed by atoms with E-state index in [1.165, 1.54) is 6.07 Å². The zero-order valence-corrected chi connectivity index (χ0v) is 10.6. The van der Waals surface area contributed by atoms with Gasteiger partial charge in [0.2, 0.25) is 0 Å². The van der Waals surface area contributed by atoms with Gasteiger partial charge in [-0.2, -0.15) is 0 Å². The third-order valence-electron chi connectivity index (χ3n) is 2.82. The summed E-state index contributed by atoms with van der Waals surface area (Å²) in [7, 11) is 1.62. The van der Waals surface area contributed by atoms with Gasteiger partial charge in [0.15, 0.2) is 11.6 Å². The molecule has 2 aromatic rings. The van der Waals surface area contributed by atoms with E-state index >= 15 is 0 Å². The van der Waals surface area contributed by atoms with Gasteiger partial charge in [0.1, 0.15) is 5.75 Å². The third-order valence-corrected chi connectivity index (χ3v) is 2.82. The lowest BCUT2D eigenvalue weighted by molar-refractivity contribution is 0.414. The van der Waals surface area contributed by atoms with Crippen LogP contribution in [0.25, 0.3) is 0 Å². The first-order valence-electron chi connectivity index (χ1n) is 6.01. The number of benzene rings is 2. The molecule has 2 nitrogen and oxygen atoms in total. The molecule has 2 rings (SSSR count). The number of anilines is 1. The van der Waals surface area contributed by atoms with E-state index in [4.69, 9.17) is 4.74 Å². The molecule has 0 aromatic heterocycles. The fourth-order valence-electron chi connectivity index (χ4n) is 1.75. The SMILES string of the molecule is COc1ccc(CCNc2ccc(F)c(F)c2)cc1. The van der Waals surface area contributed by atoms with Crippen molar-refractivity contribution < 1.29 is 13.5 Å². The molecule has 2 aromatic carbocycles. The van der Waals surface area contributed by atoms with Gasteiger partial charge in [0.25, 0.3) is 0 Å². The van der Waals surface area contributed by atoms with Crippen molar-refractivity contribution in [3.05, 3.63) is 59.7 Å². The average Bonchev–Trinajstić information content (AvgIpc) is 2.43. The summed E-state index contributed by atoms with van der Waals surface area (Å²) in [4.78, 5) is 0. The molecule has 0 aliphatic rings. The van der Waals surface area contributed by atoms with Crippen LogP contribution in [0.15, 0.2) is 42.5 Å². The van der Waals surface area contributed by atoms with Crippen molar-refractivity contribution in [2.75, 3.05) is 19.0 Å². The maximum atomic E-state index is 13.0. The Hall–Kier alpha value is -2.10. The van der Waals surface area contributed by atoms with Gasteiger partial charge < -0.3 is 10.1 Å². The molecule has 0 aliphatic carbocycles. The van der Waals surface area contributed by atoms with Crippen LogP contribution in [0.2, 0.25) is 0 Å². The van der Waals surface area contributed by atoms with Crippen LogP contribution in [0.3, 0.4) is 0 Å². The van der Waals surface area contributed by atoms with E-state index in [0.717, 1.165) is 29.9 Å². The zero-order valence-electron chi connectivity index (χ0n) is 10.6. The molecule has 0 fully saturated rings. The fourth-order valence-corrected chi connectivity index (χ4v) is 1.75. The van der Waals surface area contributed by atoms with Gasteiger partial charge in [-0.05, 0) is 42.3 Å². The molecular formula is C15H15F2NO. The molecule has 0 aliphatic heterocycles. The third kappa shape index (κ3) is 3.68. The first-order valence-corrected chi connectivity index (χ1v) is 6.01. The summed E-state index contributed by atoms with van der Waals surface area (Å²) in [6, 6.07) is 11.5. The van der Waals surface area contributed by atoms with Crippen molar-refractivity contribution in [1.82, 2.24) is 0 Å². The highest BCUT2D eigenvalue weighted by Gasteiger charge is 2.02. The van der Waals surface area contributed by atoms with Crippen LogP contribution in [-0.4, -0.2) is 13.7 Å². The molecule has 0 radical (unpaired) electrons. The minimum Gasteiger partial charge on any atom is -0.497 e. The van der Waals surface area contributed by atoms with Crippen LogP contribution in [-0.2, 0) is 6.42 Å².